The van der Waals surface area contributed by atoms with Gasteiger partial charge in [0.1, 0.15) is 5.82 Å². The highest BCUT2D eigenvalue weighted by Crippen LogP contribution is 2.33. The summed E-state index contributed by atoms with van der Waals surface area (Å²) in [5.74, 6) is 1.61. The van der Waals surface area contributed by atoms with E-state index >= 15 is 0 Å². The summed E-state index contributed by atoms with van der Waals surface area (Å²) >= 11 is 3.26. The van der Waals surface area contributed by atoms with Crippen molar-refractivity contribution in [1.82, 2.24) is 20.1 Å². The van der Waals surface area contributed by atoms with Gasteiger partial charge in [-0.1, -0.05) is 30.7 Å². The summed E-state index contributed by atoms with van der Waals surface area (Å²) in [7, 11) is 0. The largest absolute Gasteiger partial charge is 0.355 e. The molecule has 1 saturated carbocycles. The average molecular weight is 419 g/mol. The lowest BCUT2D eigenvalue weighted by atomic mass is 10.1. The van der Waals surface area contributed by atoms with Crippen LogP contribution in [-0.4, -0.2) is 39.2 Å². The number of amides is 1. The molecule has 1 aromatic heterocycles. The molecule has 5 nitrogen and oxygen atoms in total. The molecule has 1 fully saturated rings. The third kappa shape index (κ3) is 5.54. The zero-order valence-corrected chi connectivity index (χ0v) is 18.7. The van der Waals surface area contributed by atoms with Gasteiger partial charge in [-0.25, -0.2) is 0 Å². The molecule has 0 radical (unpaired) electrons. The molecule has 0 spiro atoms. The number of thioether (sulfide) groups is 2. The first kappa shape index (κ1) is 21.2. The van der Waals surface area contributed by atoms with Gasteiger partial charge in [-0.3, -0.25) is 4.79 Å². The lowest BCUT2D eigenvalue weighted by Crippen LogP contribution is -2.26. The molecule has 0 atom stereocenters. The van der Waals surface area contributed by atoms with Crippen LogP contribution in [0.4, 0.5) is 0 Å². The van der Waals surface area contributed by atoms with Crippen LogP contribution in [0.15, 0.2) is 28.3 Å². The molecular formula is C21H30N4OS2. The van der Waals surface area contributed by atoms with Gasteiger partial charge in [-0.2, -0.15) is 0 Å². The van der Waals surface area contributed by atoms with Crippen molar-refractivity contribution < 1.29 is 4.79 Å². The minimum Gasteiger partial charge on any atom is -0.355 e. The van der Waals surface area contributed by atoms with Gasteiger partial charge in [0.15, 0.2) is 5.16 Å². The minimum absolute atomic E-state index is 0.0882. The predicted molar refractivity (Wildman–Crippen MR) is 117 cm³/mol. The Kier molecular flexibility index (Phi) is 7.85. The van der Waals surface area contributed by atoms with E-state index in [1.807, 2.05) is 0 Å². The van der Waals surface area contributed by atoms with E-state index in [1.54, 1.807) is 23.5 Å². The zero-order valence-electron chi connectivity index (χ0n) is 17.0. The summed E-state index contributed by atoms with van der Waals surface area (Å²) in [6.07, 6.45) is 8.85. The molecule has 2 aromatic rings. The molecule has 7 heteroatoms. The maximum absolute atomic E-state index is 12.1. The van der Waals surface area contributed by atoms with Gasteiger partial charge in [-0.05, 0) is 62.6 Å². The Morgan fingerprint density at radius 2 is 2.00 bits per heavy atom. The first-order chi connectivity index (χ1) is 13.6. The fraction of sp³-hybridized carbons (Fsp3) is 0.571. The van der Waals surface area contributed by atoms with E-state index in [-0.39, 0.29) is 5.91 Å². The molecular weight excluding hydrogens is 388 g/mol. The maximum atomic E-state index is 12.1. The highest BCUT2D eigenvalue weighted by atomic mass is 32.2. The number of rotatable bonds is 9. The third-order valence-electron chi connectivity index (χ3n) is 5.36. The summed E-state index contributed by atoms with van der Waals surface area (Å²) in [6.45, 7) is 4.89. The second-order valence-corrected chi connectivity index (χ2v) is 9.22. The van der Waals surface area contributed by atoms with Gasteiger partial charge >= 0.3 is 0 Å². The second-order valence-electron chi connectivity index (χ2n) is 7.40. The Labute approximate surface area is 176 Å². The summed E-state index contributed by atoms with van der Waals surface area (Å²) in [5, 5.41) is 12.8. The Bertz CT molecular complexity index is 800. The molecule has 0 aliphatic heterocycles. The van der Waals surface area contributed by atoms with Crippen LogP contribution >= 0.6 is 23.5 Å². The number of benzene rings is 1. The van der Waals surface area contributed by atoms with Crippen molar-refractivity contribution in [3.8, 4) is 0 Å². The van der Waals surface area contributed by atoms with Crippen LogP contribution in [0.2, 0.25) is 0 Å². The van der Waals surface area contributed by atoms with Crippen molar-refractivity contribution >= 4 is 29.4 Å². The SMILES string of the molecule is CSc1nnc(CCCNC(=O)CSc2ccc(C)c(C)c2)n1C1CCCC1. The number of hydrogen-bond donors (Lipinski definition) is 1. The van der Waals surface area contributed by atoms with Crippen molar-refractivity contribution in [3.05, 3.63) is 35.2 Å². The Hall–Kier alpha value is -1.47. The van der Waals surface area contributed by atoms with E-state index in [1.165, 1.54) is 36.8 Å². The maximum Gasteiger partial charge on any atom is 0.230 e. The molecule has 1 amide bonds. The standard InChI is InChI=1S/C21H30N4OS2/c1-15-10-11-18(13-16(15)2)28-14-20(26)22-12-6-9-19-23-24-21(27-3)25(19)17-7-4-5-8-17/h10-11,13,17H,4-9,12,14H2,1-3H3,(H,22,26). The number of nitrogens with zero attached hydrogens (tertiary/aromatic N) is 3. The summed E-state index contributed by atoms with van der Waals surface area (Å²) in [6, 6.07) is 6.89. The van der Waals surface area contributed by atoms with Crippen LogP contribution in [0.1, 0.15) is 55.1 Å². The van der Waals surface area contributed by atoms with Gasteiger partial charge in [0.25, 0.3) is 0 Å². The molecule has 1 aromatic carbocycles. The molecule has 0 saturated heterocycles. The van der Waals surface area contributed by atoms with Gasteiger partial charge in [0, 0.05) is 23.9 Å². The van der Waals surface area contributed by atoms with Crippen molar-refractivity contribution in [2.24, 2.45) is 0 Å². The Balaban J connectivity index is 1.42. The lowest BCUT2D eigenvalue weighted by Gasteiger charge is -2.16. The first-order valence-corrected chi connectivity index (χ1v) is 12.2. The lowest BCUT2D eigenvalue weighted by molar-refractivity contribution is -0.118. The number of aromatic nitrogens is 3. The Morgan fingerprint density at radius 1 is 1.21 bits per heavy atom. The monoisotopic (exact) mass is 418 g/mol. The van der Waals surface area contributed by atoms with E-state index in [9.17, 15) is 4.79 Å². The smallest absolute Gasteiger partial charge is 0.230 e. The van der Waals surface area contributed by atoms with Gasteiger partial charge in [0.2, 0.25) is 5.91 Å². The highest BCUT2D eigenvalue weighted by molar-refractivity contribution is 8.00. The number of hydrogen-bond acceptors (Lipinski definition) is 5. The number of carbonyl (C=O) groups is 1. The van der Waals surface area contributed by atoms with Crippen molar-refractivity contribution in [2.75, 3.05) is 18.6 Å². The van der Waals surface area contributed by atoms with E-state index < -0.39 is 0 Å². The number of carbonyl (C=O) groups excluding carboxylic acids is 1. The fourth-order valence-electron chi connectivity index (χ4n) is 3.62. The molecule has 1 aliphatic rings. The minimum atomic E-state index is 0.0882. The van der Waals surface area contributed by atoms with E-state index in [0.29, 0.717) is 18.3 Å². The van der Waals surface area contributed by atoms with Crippen molar-refractivity contribution in [2.45, 2.75) is 68.5 Å². The normalized spacial score (nSPS) is 14.5. The van der Waals surface area contributed by atoms with Crippen molar-refractivity contribution in [1.29, 1.82) is 0 Å². The van der Waals surface area contributed by atoms with E-state index in [2.05, 4.69) is 58.4 Å². The third-order valence-corrected chi connectivity index (χ3v) is 6.99. The highest BCUT2D eigenvalue weighted by Gasteiger charge is 2.23. The van der Waals surface area contributed by atoms with Gasteiger partial charge in [0.05, 0.1) is 5.75 Å². The predicted octanol–water partition coefficient (Wildman–Crippen LogP) is 4.57. The molecule has 3 rings (SSSR count). The topological polar surface area (TPSA) is 59.8 Å². The van der Waals surface area contributed by atoms with Gasteiger partial charge in [-0.15, -0.1) is 22.0 Å². The Morgan fingerprint density at radius 3 is 2.71 bits per heavy atom. The quantitative estimate of drug-likeness (QED) is 0.477. The fourth-order valence-corrected chi connectivity index (χ4v) is 5.02. The van der Waals surface area contributed by atoms with Gasteiger partial charge < -0.3 is 9.88 Å². The van der Waals surface area contributed by atoms with Crippen molar-refractivity contribution in [3.63, 3.8) is 0 Å². The molecule has 28 heavy (non-hydrogen) atoms. The molecule has 1 N–H and O–H groups in total. The summed E-state index contributed by atoms with van der Waals surface area (Å²) in [5.41, 5.74) is 2.55. The van der Waals surface area contributed by atoms with Crippen LogP contribution in [0.25, 0.3) is 0 Å². The van der Waals surface area contributed by atoms with Crippen LogP contribution in [0, 0.1) is 13.8 Å². The summed E-state index contributed by atoms with van der Waals surface area (Å²) < 4.78 is 2.34. The number of aryl methyl sites for hydroxylation is 3. The van der Waals surface area contributed by atoms with Crippen LogP contribution in [0.3, 0.4) is 0 Å². The molecule has 0 unspecified atom stereocenters. The molecule has 1 heterocycles. The van der Waals surface area contributed by atoms with Crippen LogP contribution < -0.4 is 5.32 Å². The average Bonchev–Trinajstić information content (AvgIpc) is 3.35. The summed E-state index contributed by atoms with van der Waals surface area (Å²) in [4.78, 5) is 13.3. The van der Waals surface area contributed by atoms with Crippen LogP contribution in [0.5, 0.6) is 0 Å². The first-order valence-electron chi connectivity index (χ1n) is 10.0. The number of nitrogens with one attached hydrogen (secondary N) is 1. The van der Waals surface area contributed by atoms with Crippen LogP contribution in [-0.2, 0) is 11.2 Å². The zero-order chi connectivity index (χ0) is 19.9. The molecule has 152 valence electrons. The van der Waals surface area contributed by atoms with E-state index in [0.717, 1.165) is 28.7 Å². The second kappa shape index (κ2) is 10.3. The molecule has 0 bridgehead atoms. The molecule has 1 aliphatic carbocycles. The van der Waals surface area contributed by atoms with E-state index in [4.69, 9.17) is 0 Å².